The summed E-state index contributed by atoms with van der Waals surface area (Å²) in [5, 5.41) is 27.1. The van der Waals surface area contributed by atoms with Crippen molar-refractivity contribution in [2.75, 3.05) is 18.9 Å². The molecule has 1 unspecified atom stereocenters. The minimum absolute atomic E-state index is 0.0473. The second-order valence-electron chi connectivity index (χ2n) is 5.42. The Morgan fingerprint density at radius 2 is 2.04 bits per heavy atom. The van der Waals surface area contributed by atoms with Crippen molar-refractivity contribution in [2.24, 2.45) is 0 Å². The number of aliphatic hydroxyl groups is 1. The first kappa shape index (κ1) is 16.9. The lowest BCUT2D eigenvalue weighted by atomic mass is 10.1. The van der Waals surface area contributed by atoms with Gasteiger partial charge in [-0.3, -0.25) is 10.1 Å². The van der Waals surface area contributed by atoms with E-state index in [0.717, 1.165) is 16.7 Å². The maximum atomic E-state index is 11.0. The van der Waals surface area contributed by atoms with E-state index in [1.165, 1.54) is 6.07 Å². The summed E-state index contributed by atoms with van der Waals surface area (Å²) in [6.45, 7) is 2.81. The van der Waals surface area contributed by atoms with Gasteiger partial charge < -0.3 is 15.7 Å². The number of aliphatic hydroxyl groups excluding tert-OH is 1. The van der Waals surface area contributed by atoms with Crippen molar-refractivity contribution in [3.05, 3.63) is 69.3 Å². The Balaban J connectivity index is 1.96. The van der Waals surface area contributed by atoms with Gasteiger partial charge >= 0.3 is 0 Å². The number of nitrogens with zero attached hydrogens (tertiary/aromatic N) is 1. The van der Waals surface area contributed by atoms with Crippen molar-refractivity contribution >= 4 is 11.4 Å². The number of nitro benzene ring substituents is 1. The van der Waals surface area contributed by atoms with E-state index in [1.807, 2.05) is 37.3 Å². The van der Waals surface area contributed by atoms with Crippen LogP contribution in [0.3, 0.4) is 0 Å². The summed E-state index contributed by atoms with van der Waals surface area (Å²) >= 11 is 0. The van der Waals surface area contributed by atoms with Crippen molar-refractivity contribution in [1.82, 2.24) is 5.32 Å². The first-order valence-corrected chi connectivity index (χ1v) is 7.41. The van der Waals surface area contributed by atoms with Crippen LogP contribution in [0.1, 0.15) is 22.8 Å². The Labute approximate surface area is 135 Å². The van der Waals surface area contributed by atoms with E-state index < -0.39 is 11.0 Å². The van der Waals surface area contributed by atoms with Crippen LogP contribution in [0.2, 0.25) is 0 Å². The van der Waals surface area contributed by atoms with Crippen LogP contribution in [0.4, 0.5) is 11.4 Å². The van der Waals surface area contributed by atoms with Crippen LogP contribution in [0, 0.1) is 17.0 Å². The molecule has 0 aromatic heterocycles. The Morgan fingerprint density at radius 3 is 2.70 bits per heavy atom. The molecule has 0 spiro atoms. The molecule has 0 bridgehead atoms. The highest BCUT2D eigenvalue weighted by molar-refractivity contribution is 5.62. The minimum atomic E-state index is -0.610. The summed E-state index contributed by atoms with van der Waals surface area (Å²) in [6.07, 6.45) is -0.610. The zero-order valence-electron chi connectivity index (χ0n) is 13.2. The second-order valence-corrected chi connectivity index (χ2v) is 5.42. The summed E-state index contributed by atoms with van der Waals surface area (Å²) in [6, 6.07) is 12.8. The SMILES string of the molecule is CNc1ccc(CNCC(O)c2cccc(C)c2)cc1[N+](=O)[O-]. The van der Waals surface area contributed by atoms with E-state index >= 15 is 0 Å². The maximum Gasteiger partial charge on any atom is 0.292 e. The minimum Gasteiger partial charge on any atom is -0.387 e. The van der Waals surface area contributed by atoms with Gasteiger partial charge in [0.25, 0.3) is 5.69 Å². The Bertz CT molecular complexity index is 689. The van der Waals surface area contributed by atoms with Crippen LogP contribution in [-0.2, 0) is 6.54 Å². The van der Waals surface area contributed by atoms with Gasteiger partial charge in [-0.25, -0.2) is 0 Å². The first-order chi connectivity index (χ1) is 11.0. The standard InChI is InChI=1S/C17H21N3O3/c1-12-4-3-5-14(8-12)17(21)11-19-10-13-6-7-15(18-2)16(9-13)20(22)23/h3-9,17-19,21H,10-11H2,1-2H3. The predicted molar refractivity (Wildman–Crippen MR) is 90.5 cm³/mol. The largest absolute Gasteiger partial charge is 0.387 e. The molecule has 0 aliphatic carbocycles. The van der Waals surface area contributed by atoms with E-state index in [4.69, 9.17) is 0 Å². The van der Waals surface area contributed by atoms with E-state index in [1.54, 1.807) is 13.1 Å². The number of nitro groups is 1. The monoisotopic (exact) mass is 315 g/mol. The van der Waals surface area contributed by atoms with Crippen LogP contribution in [-0.4, -0.2) is 23.6 Å². The molecule has 2 aromatic rings. The average molecular weight is 315 g/mol. The van der Waals surface area contributed by atoms with Gasteiger partial charge in [0.05, 0.1) is 11.0 Å². The molecule has 0 aliphatic heterocycles. The lowest BCUT2D eigenvalue weighted by Crippen LogP contribution is -2.21. The summed E-state index contributed by atoms with van der Waals surface area (Å²) in [5.74, 6) is 0. The van der Waals surface area contributed by atoms with Crippen LogP contribution >= 0.6 is 0 Å². The number of anilines is 1. The highest BCUT2D eigenvalue weighted by atomic mass is 16.6. The molecular formula is C17H21N3O3. The van der Waals surface area contributed by atoms with Crippen LogP contribution in [0.25, 0.3) is 0 Å². The van der Waals surface area contributed by atoms with Gasteiger partial charge in [0, 0.05) is 26.2 Å². The number of aryl methyl sites for hydroxylation is 1. The fourth-order valence-corrected chi connectivity index (χ4v) is 2.40. The van der Waals surface area contributed by atoms with Gasteiger partial charge in [0.1, 0.15) is 5.69 Å². The van der Waals surface area contributed by atoms with E-state index in [-0.39, 0.29) is 5.69 Å². The predicted octanol–water partition coefficient (Wildman–Crippen LogP) is 2.77. The third-order valence-electron chi connectivity index (χ3n) is 3.62. The number of hydrogen-bond acceptors (Lipinski definition) is 5. The lowest BCUT2D eigenvalue weighted by Gasteiger charge is -2.13. The molecule has 0 fully saturated rings. The van der Waals surface area contributed by atoms with Crippen molar-refractivity contribution in [3.8, 4) is 0 Å². The molecule has 6 nitrogen and oxygen atoms in total. The van der Waals surface area contributed by atoms with Gasteiger partial charge in [-0.15, -0.1) is 0 Å². The molecule has 1 atom stereocenters. The molecule has 0 aliphatic rings. The normalized spacial score (nSPS) is 12.0. The average Bonchev–Trinajstić information content (AvgIpc) is 2.54. The van der Waals surface area contributed by atoms with E-state index in [0.29, 0.717) is 18.8 Å². The van der Waals surface area contributed by atoms with Crippen molar-refractivity contribution in [3.63, 3.8) is 0 Å². The third kappa shape index (κ3) is 4.51. The summed E-state index contributed by atoms with van der Waals surface area (Å²) in [4.78, 5) is 10.6. The summed E-state index contributed by atoms with van der Waals surface area (Å²) < 4.78 is 0. The fourth-order valence-electron chi connectivity index (χ4n) is 2.40. The molecule has 2 rings (SSSR count). The summed E-state index contributed by atoms with van der Waals surface area (Å²) in [7, 11) is 1.65. The topological polar surface area (TPSA) is 87.4 Å². The Morgan fingerprint density at radius 1 is 1.26 bits per heavy atom. The maximum absolute atomic E-state index is 11.0. The molecule has 6 heteroatoms. The third-order valence-corrected chi connectivity index (χ3v) is 3.62. The van der Waals surface area contributed by atoms with Crippen molar-refractivity contribution in [1.29, 1.82) is 0 Å². The van der Waals surface area contributed by atoms with Gasteiger partial charge in [-0.2, -0.15) is 0 Å². The summed E-state index contributed by atoms with van der Waals surface area (Å²) in [5.41, 5.74) is 3.28. The quantitative estimate of drug-likeness (QED) is 0.540. The molecule has 0 saturated heterocycles. The van der Waals surface area contributed by atoms with Gasteiger partial charge in [-0.05, 0) is 24.1 Å². The van der Waals surface area contributed by atoms with Gasteiger partial charge in [0.2, 0.25) is 0 Å². The molecule has 0 saturated carbocycles. The molecule has 122 valence electrons. The van der Waals surface area contributed by atoms with Gasteiger partial charge in [0.15, 0.2) is 0 Å². The van der Waals surface area contributed by atoms with Crippen molar-refractivity contribution in [2.45, 2.75) is 19.6 Å². The molecule has 3 N–H and O–H groups in total. The fraction of sp³-hybridized carbons (Fsp3) is 0.294. The van der Waals surface area contributed by atoms with Crippen LogP contribution < -0.4 is 10.6 Å². The lowest BCUT2D eigenvalue weighted by molar-refractivity contribution is -0.384. The zero-order valence-corrected chi connectivity index (χ0v) is 13.2. The number of nitrogens with one attached hydrogen (secondary N) is 2. The second kappa shape index (κ2) is 7.71. The highest BCUT2D eigenvalue weighted by Crippen LogP contribution is 2.25. The molecule has 0 radical (unpaired) electrons. The van der Waals surface area contributed by atoms with E-state index in [2.05, 4.69) is 10.6 Å². The zero-order chi connectivity index (χ0) is 16.8. The number of rotatable bonds is 7. The molecular weight excluding hydrogens is 294 g/mol. The van der Waals surface area contributed by atoms with Crippen molar-refractivity contribution < 1.29 is 10.0 Å². The Kier molecular flexibility index (Phi) is 5.67. The van der Waals surface area contributed by atoms with Gasteiger partial charge in [-0.1, -0.05) is 35.9 Å². The first-order valence-electron chi connectivity index (χ1n) is 7.41. The highest BCUT2D eigenvalue weighted by Gasteiger charge is 2.13. The molecule has 23 heavy (non-hydrogen) atoms. The van der Waals surface area contributed by atoms with Crippen LogP contribution in [0.15, 0.2) is 42.5 Å². The number of hydrogen-bond donors (Lipinski definition) is 3. The molecule has 0 amide bonds. The number of benzene rings is 2. The Hall–Kier alpha value is -2.44. The smallest absolute Gasteiger partial charge is 0.292 e. The van der Waals surface area contributed by atoms with Crippen LogP contribution in [0.5, 0.6) is 0 Å². The van der Waals surface area contributed by atoms with E-state index in [9.17, 15) is 15.2 Å². The molecule has 0 heterocycles. The molecule has 2 aromatic carbocycles.